The quantitative estimate of drug-likeness (QED) is 0.231. The molecule has 0 atom stereocenters. The van der Waals surface area contributed by atoms with Gasteiger partial charge in [0.1, 0.15) is 0 Å². The lowest BCUT2D eigenvalue weighted by atomic mass is 10.2. The Kier molecular flexibility index (Phi) is 17.4. The van der Waals surface area contributed by atoms with Gasteiger partial charge in [0.25, 0.3) is 5.91 Å². The molecule has 0 aliphatic rings. The monoisotopic (exact) mass is 449 g/mol. The maximum atomic E-state index is 11.9. The standard InChI is InChI=1S/C28H39N3O2/c1-2-3-4-5-6-7-8-9-10-11-12-13-14-15-16-17-18-21-27(32)30-23-24-31-28(33)26-20-19-22-29-25-26/h3-4,6-7,9-10,12-13,15-16,19-20,22,25H,2,5,8,11,14,17-18,21,23-24H2,1H3,(H,30,32)(H,31,33)/b4-3-,7-6-,10-9-,13-12-,16-15-. The molecule has 0 radical (unpaired) electrons. The second-order valence-corrected chi connectivity index (χ2v) is 7.45. The van der Waals surface area contributed by atoms with Crippen molar-refractivity contribution in [2.45, 2.75) is 58.3 Å². The van der Waals surface area contributed by atoms with E-state index in [1.807, 2.05) is 0 Å². The summed E-state index contributed by atoms with van der Waals surface area (Å²) >= 11 is 0. The molecule has 1 aromatic heterocycles. The van der Waals surface area contributed by atoms with Crippen LogP contribution < -0.4 is 10.6 Å². The van der Waals surface area contributed by atoms with Gasteiger partial charge in [-0.15, -0.1) is 0 Å². The number of rotatable bonds is 17. The fourth-order valence-electron chi connectivity index (χ4n) is 2.81. The van der Waals surface area contributed by atoms with Crippen molar-refractivity contribution in [3.05, 3.63) is 90.9 Å². The summed E-state index contributed by atoms with van der Waals surface area (Å²) in [6.45, 7) is 2.97. The first-order valence-electron chi connectivity index (χ1n) is 11.9. The smallest absolute Gasteiger partial charge is 0.252 e. The van der Waals surface area contributed by atoms with Crippen molar-refractivity contribution in [1.29, 1.82) is 0 Å². The summed E-state index contributed by atoms with van der Waals surface area (Å²) in [6, 6.07) is 3.42. The van der Waals surface area contributed by atoms with Gasteiger partial charge in [-0.1, -0.05) is 67.7 Å². The highest BCUT2D eigenvalue weighted by Crippen LogP contribution is 1.99. The molecule has 0 aliphatic carbocycles. The second kappa shape index (κ2) is 20.7. The Hall–Kier alpha value is -3.21. The lowest BCUT2D eigenvalue weighted by Gasteiger charge is -2.06. The van der Waals surface area contributed by atoms with Crippen molar-refractivity contribution in [3.63, 3.8) is 0 Å². The van der Waals surface area contributed by atoms with Gasteiger partial charge < -0.3 is 10.6 Å². The fourth-order valence-corrected chi connectivity index (χ4v) is 2.81. The van der Waals surface area contributed by atoms with Gasteiger partial charge in [-0.05, 0) is 57.1 Å². The number of unbranched alkanes of at least 4 members (excludes halogenated alkanes) is 1. The number of carbonyl (C=O) groups is 2. The van der Waals surface area contributed by atoms with Crippen LogP contribution in [0.15, 0.2) is 85.3 Å². The molecule has 5 heteroatoms. The third-order valence-corrected chi connectivity index (χ3v) is 4.59. The molecule has 0 fully saturated rings. The zero-order valence-corrected chi connectivity index (χ0v) is 19.9. The van der Waals surface area contributed by atoms with E-state index in [1.54, 1.807) is 18.3 Å². The molecule has 2 amide bonds. The van der Waals surface area contributed by atoms with E-state index in [0.717, 1.165) is 44.9 Å². The highest BCUT2D eigenvalue weighted by Gasteiger charge is 2.04. The van der Waals surface area contributed by atoms with Gasteiger partial charge in [-0.25, -0.2) is 0 Å². The Balaban J connectivity index is 1.95. The number of amides is 2. The first-order valence-corrected chi connectivity index (χ1v) is 11.9. The number of hydrogen-bond donors (Lipinski definition) is 2. The van der Waals surface area contributed by atoms with Gasteiger partial charge in [0, 0.05) is 31.9 Å². The van der Waals surface area contributed by atoms with E-state index >= 15 is 0 Å². The summed E-state index contributed by atoms with van der Waals surface area (Å²) in [7, 11) is 0. The van der Waals surface area contributed by atoms with Crippen molar-refractivity contribution >= 4 is 11.8 Å². The molecule has 178 valence electrons. The fraction of sp³-hybridized carbons (Fsp3) is 0.393. The minimum atomic E-state index is -0.184. The number of carbonyl (C=O) groups excluding carboxylic acids is 2. The highest BCUT2D eigenvalue weighted by atomic mass is 16.2. The number of hydrogen-bond acceptors (Lipinski definition) is 3. The number of allylic oxidation sites excluding steroid dienone is 10. The molecule has 0 aliphatic heterocycles. The average Bonchev–Trinajstić information content (AvgIpc) is 2.84. The summed E-state index contributed by atoms with van der Waals surface area (Å²) in [6.07, 6.45) is 32.1. The molecule has 1 heterocycles. The largest absolute Gasteiger partial charge is 0.354 e. The van der Waals surface area contributed by atoms with Gasteiger partial charge in [-0.2, -0.15) is 0 Å². The van der Waals surface area contributed by atoms with Crippen molar-refractivity contribution in [3.8, 4) is 0 Å². The molecule has 0 aromatic carbocycles. The van der Waals surface area contributed by atoms with Crippen LogP contribution >= 0.6 is 0 Å². The van der Waals surface area contributed by atoms with Gasteiger partial charge >= 0.3 is 0 Å². The molecule has 1 aromatic rings. The van der Waals surface area contributed by atoms with E-state index in [4.69, 9.17) is 0 Å². The summed E-state index contributed by atoms with van der Waals surface area (Å²) < 4.78 is 0. The predicted molar refractivity (Wildman–Crippen MR) is 138 cm³/mol. The van der Waals surface area contributed by atoms with Gasteiger partial charge in [0.05, 0.1) is 5.56 Å². The third kappa shape index (κ3) is 17.1. The van der Waals surface area contributed by atoms with Crippen LogP contribution in [-0.4, -0.2) is 29.9 Å². The average molecular weight is 450 g/mol. The van der Waals surface area contributed by atoms with Crippen molar-refractivity contribution in [1.82, 2.24) is 15.6 Å². The molecule has 0 bridgehead atoms. The zero-order valence-electron chi connectivity index (χ0n) is 19.9. The Labute approximate surface area is 199 Å². The minimum Gasteiger partial charge on any atom is -0.354 e. The molecule has 0 unspecified atom stereocenters. The molecule has 2 N–H and O–H groups in total. The Morgan fingerprint density at radius 2 is 1.39 bits per heavy atom. The van der Waals surface area contributed by atoms with E-state index in [0.29, 0.717) is 25.1 Å². The van der Waals surface area contributed by atoms with Crippen molar-refractivity contribution < 1.29 is 9.59 Å². The number of aromatic nitrogens is 1. The Morgan fingerprint density at radius 1 is 0.818 bits per heavy atom. The van der Waals surface area contributed by atoms with Crippen LogP contribution in [0.4, 0.5) is 0 Å². The lowest BCUT2D eigenvalue weighted by Crippen LogP contribution is -2.34. The molecular formula is C28H39N3O2. The maximum Gasteiger partial charge on any atom is 0.252 e. The van der Waals surface area contributed by atoms with Crippen LogP contribution in [0.1, 0.15) is 68.6 Å². The zero-order chi connectivity index (χ0) is 23.8. The molecule has 33 heavy (non-hydrogen) atoms. The molecule has 1 rings (SSSR count). The van der Waals surface area contributed by atoms with E-state index in [9.17, 15) is 9.59 Å². The maximum absolute atomic E-state index is 11.9. The molecular weight excluding hydrogens is 410 g/mol. The van der Waals surface area contributed by atoms with E-state index in [2.05, 4.69) is 83.3 Å². The summed E-state index contributed by atoms with van der Waals surface area (Å²) in [5.41, 5.74) is 0.515. The van der Waals surface area contributed by atoms with Crippen molar-refractivity contribution in [2.75, 3.05) is 13.1 Å². The lowest BCUT2D eigenvalue weighted by molar-refractivity contribution is -0.121. The minimum absolute atomic E-state index is 0.0120. The normalized spacial score (nSPS) is 12.0. The van der Waals surface area contributed by atoms with Crippen LogP contribution in [0, 0.1) is 0 Å². The SMILES string of the molecule is CC/C=C\C/C=C\C/C=C\C/C=C\C/C=C\CCCC(=O)NCCNC(=O)c1cccnc1. The highest BCUT2D eigenvalue weighted by molar-refractivity contribution is 5.93. The Morgan fingerprint density at radius 3 is 1.97 bits per heavy atom. The second-order valence-electron chi connectivity index (χ2n) is 7.45. The molecule has 0 spiro atoms. The third-order valence-electron chi connectivity index (χ3n) is 4.59. The van der Waals surface area contributed by atoms with Crippen LogP contribution in [-0.2, 0) is 4.79 Å². The van der Waals surface area contributed by atoms with Gasteiger partial charge in [0.15, 0.2) is 0 Å². The number of nitrogens with one attached hydrogen (secondary N) is 2. The van der Waals surface area contributed by atoms with Crippen LogP contribution in [0.25, 0.3) is 0 Å². The Bertz CT molecular complexity index is 793. The summed E-state index contributed by atoms with van der Waals surface area (Å²) in [5, 5.41) is 5.59. The van der Waals surface area contributed by atoms with Gasteiger partial charge in [0.2, 0.25) is 5.91 Å². The number of nitrogens with zero attached hydrogens (tertiary/aromatic N) is 1. The molecule has 0 saturated heterocycles. The van der Waals surface area contributed by atoms with Crippen LogP contribution in [0.2, 0.25) is 0 Å². The van der Waals surface area contributed by atoms with Crippen LogP contribution in [0.3, 0.4) is 0 Å². The molecule has 0 saturated carbocycles. The van der Waals surface area contributed by atoms with E-state index in [1.165, 1.54) is 6.20 Å². The first-order chi connectivity index (χ1) is 16.2. The first kappa shape index (κ1) is 27.8. The summed E-state index contributed by atoms with van der Waals surface area (Å²) in [5.74, 6) is -0.172. The van der Waals surface area contributed by atoms with E-state index in [-0.39, 0.29) is 11.8 Å². The van der Waals surface area contributed by atoms with E-state index < -0.39 is 0 Å². The number of pyridine rings is 1. The van der Waals surface area contributed by atoms with Crippen molar-refractivity contribution in [2.24, 2.45) is 0 Å². The van der Waals surface area contributed by atoms with Gasteiger partial charge in [-0.3, -0.25) is 14.6 Å². The predicted octanol–water partition coefficient (Wildman–Crippen LogP) is 5.85. The topological polar surface area (TPSA) is 71.1 Å². The van der Waals surface area contributed by atoms with Crippen LogP contribution in [0.5, 0.6) is 0 Å². The molecule has 5 nitrogen and oxygen atoms in total. The summed E-state index contributed by atoms with van der Waals surface area (Å²) in [4.78, 5) is 27.6.